The molecule has 16 heavy (non-hydrogen) atoms. The van der Waals surface area contributed by atoms with Crippen molar-refractivity contribution < 1.29 is 13.2 Å². The average molecular weight is 305 g/mol. The second kappa shape index (κ2) is 4.67. The minimum atomic E-state index is -3.20. The van der Waals surface area contributed by atoms with Crippen LogP contribution in [0.2, 0.25) is 0 Å². The fourth-order valence-corrected chi connectivity index (χ4v) is 3.16. The van der Waals surface area contributed by atoms with Crippen LogP contribution in [-0.2, 0) is 14.6 Å². The molecule has 0 aliphatic heterocycles. The Hall–Kier alpha value is -0.680. The minimum absolute atomic E-state index is 0.289. The van der Waals surface area contributed by atoms with Crippen LogP contribution in [-0.4, -0.2) is 21.0 Å². The molecule has 0 bridgehead atoms. The number of hydrogen-bond acceptors (Lipinski definition) is 3. The van der Waals surface area contributed by atoms with E-state index in [1.807, 2.05) is 0 Å². The number of carbonyl (C=O) groups excluding carboxylic acids is 1. The van der Waals surface area contributed by atoms with Gasteiger partial charge in [0.1, 0.15) is 6.29 Å². The Bertz CT molecular complexity index is 497. The molecule has 1 aromatic carbocycles. The molecule has 0 aliphatic rings. The molecule has 0 amide bonds. The van der Waals surface area contributed by atoms with E-state index >= 15 is 0 Å². The summed E-state index contributed by atoms with van der Waals surface area (Å²) in [6.45, 7) is 3.60. The van der Waals surface area contributed by atoms with Crippen LogP contribution >= 0.6 is 15.9 Å². The van der Waals surface area contributed by atoms with Gasteiger partial charge in [0.15, 0.2) is 9.84 Å². The van der Waals surface area contributed by atoms with Crippen LogP contribution in [0.1, 0.15) is 21.5 Å². The molecule has 0 saturated carbocycles. The molecule has 0 aromatic heterocycles. The Labute approximate surface area is 104 Å². The van der Waals surface area contributed by atoms with E-state index in [0.29, 0.717) is 0 Å². The first-order valence-electron chi connectivity index (χ1n) is 4.68. The molecule has 0 radical (unpaired) electrons. The zero-order valence-corrected chi connectivity index (χ0v) is 11.7. The number of rotatable bonds is 3. The van der Waals surface area contributed by atoms with Crippen molar-refractivity contribution in [2.45, 2.75) is 23.6 Å². The zero-order chi connectivity index (χ0) is 12.5. The van der Waals surface area contributed by atoms with E-state index in [9.17, 15) is 13.2 Å². The molecular weight excluding hydrogens is 292 g/mol. The number of aryl methyl sites for hydroxylation is 2. The summed E-state index contributed by atoms with van der Waals surface area (Å²) in [6, 6.07) is 3.19. The van der Waals surface area contributed by atoms with Crippen molar-refractivity contribution in [3.63, 3.8) is 0 Å². The van der Waals surface area contributed by atoms with E-state index in [2.05, 4.69) is 15.9 Å². The molecule has 88 valence electrons. The van der Waals surface area contributed by atoms with E-state index in [1.165, 1.54) is 6.26 Å². The largest absolute Gasteiger partial charge is 0.302 e. The van der Waals surface area contributed by atoms with Gasteiger partial charge < -0.3 is 4.79 Å². The highest BCUT2D eigenvalue weighted by atomic mass is 79.9. The Morgan fingerprint density at radius 2 is 1.69 bits per heavy atom. The van der Waals surface area contributed by atoms with Gasteiger partial charge in [-0.25, -0.2) is 8.42 Å². The average Bonchev–Trinajstić information content (AvgIpc) is 2.14. The van der Waals surface area contributed by atoms with Gasteiger partial charge in [-0.2, -0.15) is 0 Å². The van der Waals surface area contributed by atoms with Gasteiger partial charge in [0.25, 0.3) is 0 Å². The topological polar surface area (TPSA) is 51.2 Å². The lowest BCUT2D eigenvalue weighted by Gasteiger charge is -2.13. The van der Waals surface area contributed by atoms with Crippen LogP contribution in [0.4, 0.5) is 0 Å². The molecular formula is C11H13BrO3S. The molecule has 0 saturated heterocycles. The van der Waals surface area contributed by atoms with Crippen LogP contribution in [0.25, 0.3) is 0 Å². The van der Waals surface area contributed by atoms with Crippen molar-refractivity contribution in [3.8, 4) is 0 Å². The van der Waals surface area contributed by atoms with Gasteiger partial charge in [-0.05, 0) is 42.7 Å². The van der Waals surface area contributed by atoms with E-state index < -0.39 is 9.84 Å². The third-order valence-corrected chi connectivity index (χ3v) is 4.16. The SMILES string of the molecule is Cc1cc(S(C)(=O)=O)cc(C)c1C(Br)C=O. The molecule has 0 heterocycles. The van der Waals surface area contributed by atoms with Crippen LogP contribution in [0, 0.1) is 13.8 Å². The van der Waals surface area contributed by atoms with Gasteiger partial charge in [0.2, 0.25) is 0 Å². The number of sulfone groups is 1. The van der Waals surface area contributed by atoms with Crippen LogP contribution < -0.4 is 0 Å². The van der Waals surface area contributed by atoms with E-state index in [0.717, 1.165) is 23.0 Å². The Morgan fingerprint density at radius 1 is 1.25 bits per heavy atom. The van der Waals surface area contributed by atoms with Crippen LogP contribution in [0.15, 0.2) is 17.0 Å². The van der Waals surface area contributed by atoms with Crippen molar-refractivity contribution in [2.24, 2.45) is 0 Å². The standard InChI is InChI=1S/C11H13BrO3S/c1-7-4-9(16(3,14)15)5-8(2)11(7)10(12)6-13/h4-6,10H,1-3H3. The molecule has 0 N–H and O–H groups in total. The number of aldehydes is 1. The molecule has 1 atom stereocenters. The van der Waals surface area contributed by atoms with Gasteiger partial charge >= 0.3 is 0 Å². The fourth-order valence-electron chi connectivity index (χ4n) is 1.65. The van der Waals surface area contributed by atoms with Gasteiger partial charge in [0.05, 0.1) is 9.72 Å². The number of halogens is 1. The van der Waals surface area contributed by atoms with Gasteiger partial charge in [-0.1, -0.05) is 15.9 Å². The number of alkyl halides is 1. The summed E-state index contributed by atoms with van der Waals surface area (Å²) >= 11 is 3.24. The van der Waals surface area contributed by atoms with E-state index in [4.69, 9.17) is 0 Å². The van der Waals surface area contributed by atoms with Gasteiger partial charge in [-0.3, -0.25) is 0 Å². The lowest BCUT2D eigenvalue weighted by Crippen LogP contribution is -2.03. The van der Waals surface area contributed by atoms with Gasteiger partial charge in [-0.15, -0.1) is 0 Å². The molecule has 1 rings (SSSR count). The first kappa shape index (κ1) is 13.4. The minimum Gasteiger partial charge on any atom is -0.302 e. The van der Waals surface area contributed by atoms with Crippen molar-refractivity contribution in [3.05, 3.63) is 28.8 Å². The highest BCUT2D eigenvalue weighted by molar-refractivity contribution is 9.09. The lowest BCUT2D eigenvalue weighted by atomic mass is 10.0. The summed E-state index contributed by atoms with van der Waals surface area (Å²) in [5.74, 6) is 0. The Balaban J connectivity index is 3.45. The Kier molecular flexibility index (Phi) is 3.91. The molecule has 3 nitrogen and oxygen atoms in total. The summed E-state index contributed by atoms with van der Waals surface area (Å²) in [7, 11) is -3.20. The third-order valence-electron chi connectivity index (χ3n) is 2.39. The zero-order valence-electron chi connectivity index (χ0n) is 9.32. The van der Waals surface area contributed by atoms with Crippen LogP contribution in [0.3, 0.4) is 0 Å². The number of hydrogen-bond donors (Lipinski definition) is 0. The first-order chi connectivity index (χ1) is 7.27. The maximum Gasteiger partial charge on any atom is 0.175 e. The third kappa shape index (κ3) is 2.71. The Morgan fingerprint density at radius 3 is 2.00 bits per heavy atom. The van der Waals surface area contributed by atoms with Crippen molar-refractivity contribution in [1.29, 1.82) is 0 Å². The normalized spacial score (nSPS) is 13.5. The summed E-state index contributed by atoms with van der Waals surface area (Å²) in [5.41, 5.74) is 2.44. The number of carbonyl (C=O) groups is 1. The highest BCUT2D eigenvalue weighted by Gasteiger charge is 2.16. The van der Waals surface area contributed by atoms with E-state index in [1.54, 1.807) is 26.0 Å². The maximum absolute atomic E-state index is 11.4. The highest BCUT2D eigenvalue weighted by Crippen LogP contribution is 2.29. The molecule has 0 spiro atoms. The fraction of sp³-hybridized carbons (Fsp3) is 0.364. The molecule has 0 aliphatic carbocycles. The maximum atomic E-state index is 11.4. The van der Waals surface area contributed by atoms with E-state index in [-0.39, 0.29) is 9.72 Å². The summed E-state index contributed by atoms with van der Waals surface area (Å²) in [5, 5.41) is 0. The lowest BCUT2D eigenvalue weighted by molar-refractivity contribution is -0.107. The quantitative estimate of drug-likeness (QED) is 0.636. The van der Waals surface area contributed by atoms with Crippen LogP contribution in [0.5, 0.6) is 0 Å². The summed E-state index contributed by atoms with van der Waals surface area (Å²) in [6.07, 6.45) is 1.96. The van der Waals surface area contributed by atoms with Crippen molar-refractivity contribution in [1.82, 2.24) is 0 Å². The second-order valence-electron chi connectivity index (χ2n) is 3.78. The molecule has 5 heteroatoms. The number of benzene rings is 1. The second-order valence-corrected chi connectivity index (χ2v) is 6.78. The predicted molar refractivity (Wildman–Crippen MR) is 66.8 cm³/mol. The van der Waals surface area contributed by atoms with Crippen molar-refractivity contribution >= 4 is 32.1 Å². The smallest absolute Gasteiger partial charge is 0.175 e. The summed E-state index contributed by atoms with van der Waals surface area (Å²) in [4.78, 5) is 10.6. The first-order valence-corrected chi connectivity index (χ1v) is 7.48. The monoisotopic (exact) mass is 304 g/mol. The molecule has 0 fully saturated rings. The van der Waals surface area contributed by atoms with Gasteiger partial charge in [0, 0.05) is 6.26 Å². The predicted octanol–water partition coefficient (Wildman–Crippen LogP) is 2.34. The molecule has 1 unspecified atom stereocenters. The van der Waals surface area contributed by atoms with Crippen molar-refractivity contribution in [2.75, 3.05) is 6.26 Å². The molecule has 1 aromatic rings. The summed E-state index contributed by atoms with van der Waals surface area (Å²) < 4.78 is 22.8.